The lowest BCUT2D eigenvalue weighted by Gasteiger charge is -2.11. The van der Waals surface area contributed by atoms with Crippen molar-refractivity contribution in [2.24, 2.45) is 0 Å². The van der Waals surface area contributed by atoms with Crippen molar-refractivity contribution in [1.29, 1.82) is 0 Å². The van der Waals surface area contributed by atoms with Gasteiger partial charge in [0.25, 0.3) is 0 Å². The molecule has 5 heteroatoms. The predicted octanol–water partition coefficient (Wildman–Crippen LogP) is -0.151. The van der Waals surface area contributed by atoms with Crippen molar-refractivity contribution in [2.45, 2.75) is 26.3 Å². The minimum absolute atomic E-state index is 0.0965. The summed E-state index contributed by atoms with van der Waals surface area (Å²) < 4.78 is 10.8. The molecule has 0 spiro atoms. The van der Waals surface area contributed by atoms with Gasteiger partial charge in [-0.1, -0.05) is 0 Å². The van der Waals surface area contributed by atoms with E-state index in [1.165, 1.54) is 6.92 Å². The van der Waals surface area contributed by atoms with Crippen LogP contribution < -0.4 is 5.32 Å². The molecule has 0 aliphatic carbocycles. The summed E-state index contributed by atoms with van der Waals surface area (Å²) in [6.07, 6.45) is 1.48. The number of carbonyl (C=O) groups is 2. The number of rotatable bonds is 5. The molecular weight excluding hydrogens is 190 g/mol. The van der Waals surface area contributed by atoms with Gasteiger partial charge in [-0.15, -0.1) is 0 Å². The third kappa shape index (κ3) is 7.64. The third-order valence-electron chi connectivity index (χ3n) is 1.30. The number of amides is 1. The van der Waals surface area contributed by atoms with E-state index < -0.39 is 10.8 Å². The molecule has 0 aromatic carbocycles. The lowest BCUT2D eigenvalue weighted by molar-refractivity contribution is -0.127. The van der Waals surface area contributed by atoms with Gasteiger partial charge in [-0.3, -0.25) is 13.8 Å². The number of hydrogen-bond donors (Lipinski definition) is 1. The van der Waals surface area contributed by atoms with Crippen molar-refractivity contribution in [1.82, 2.24) is 5.32 Å². The molecule has 0 rings (SSSR count). The van der Waals surface area contributed by atoms with E-state index in [1.807, 2.05) is 0 Å². The van der Waals surface area contributed by atoms with Crippen LogP contribution >= 0.6 is 0 Å². The van der Waals surface area contributed by atoms with Gasteiger partial charge in [0, 0.05) is 28.9 Å². The maximum Gasteiger partial charge on any atom is 0.227 e. The normalized spacial score (nSPS) is 14.7. The van der Waals surface area contributed by atoms with Crippen LogP contribution in [0.1, 0.15) is 20.3 Å². The second-order valence-electron chi connectivity index (χ2n) is 3.09. The zero-order valence-electron chi connectivity index (χ0n) is 8.12. The zero-order valence-corrected chi connectivity index (χ0v) is 8.94. The topological polar surface area (TPSA) is 63.2 Å². The van der Waals surface area contributed by atoms with E-state index in [9.17, 15) is 13.8 Å². The zero-order chi connectivity index (χ0) is 10.4. The lowest BCUT2D eigenvalue weighted by atomic mass is 10.3. The molecule has 4 nitrogen and oxygen atoms in total. The Morgan fingerprint density at radius 2 is 2.00 bits per heavy atom. The molecule has 1 N–H and O–H groups in total. The van der Waals surface area contributed by atoms with Gasteiger partial charge in [0.1, 0.15) is 5.78 Å². The minimum Gasteiger partial charge on any atom is -0.352 e. The van der Waals surface area contributed by atoms with E-state index in [0.29, 0.717) is 5.75 Å². The smallest absolute Gasteiger partial charge is 0.227 e. The van der Waals surface area contributed by atoms with Crippen molar-refractivity contribution in [2.75, 3.05) is 12.0 Å². The van der Waals surface area contributed by atoms with Crippen LogP contribution in [0.5, 0.6) is 0 Å². The maximum absolute atomic E-state index is 11.0. The van der Waals surface area contributed by atoms with Crippen LogP contribution in [0.3, 0.4) is 0 Å². The van der Waals surface area contributed by atoms with Crippen LogP contribution in [-0.4, -0.2) is 33.9 Å². The Morgan fingerprint density at radius 3 is 2.38 bits per heavy atom. The molecule has 0 saturated heterocycles. The molecule has 0 aromatic rings. The Bertz CT molecular complexity index is 227. The van der Waals surface area contributed by atoms with Crippen molar-refractivity contribution in [3.05, 3.63) is 0 Å². The van der Waals surface area contributed by atoms with E-state index in [0.717, 1.165) is 0 Å². The lowest BCUT2D eigenvalue weighted by Crippen LogP contribution is -2.36. The van der Waals surface area contributed by atoms with E-state index in [1.54, 1.807) is 13.2 Å². The molecule has 76 valence electrons. The summed E-state index contributed by atoms with van der Waals surface area (Å²) in [6, 6.07) is -0.141. The van der Waals surface area contributed by atoms with E-state index in [4.69, 9.17) is 0 Å². The number of nitrogens with one attached hydrogen (secondary N) is 1. The van der Waals surface area contributed by atoms with Gasteiger partial charge in [-0.2, -0.15) is 0 Å². The molecule has 2 unspecified atom stereocenters. The predicted molar refractivity (Wildman–Crippen MR) is 51.8 cm³/mol. The van der Waals surface area contributed by atoms with Gasteiger partial charge in [0.2, 0.25) is 5.91 Å². The van der Waals surface area contributed by atoms with Crippen LogP contribution in [0.15, 0.2) is 0 Å². The molecule has 0 aliphatic heterocycles. The Balaban J connectivity index is 3.78. The van der Waals surface area contributed by atoms with Gasteiger partial charge in [-0.25, -0.2) is 0 Å². The molecule has 0 heterocycles. The molecule has 0 fully saturated rings. The van der Waals surface area contributed by atoms with Crippen molar-refractivity contribution >= 4 is 22.5 Å². The fourth-order valence-corrected chi connectivity index (χ4v) is 1.73. The van der Waals surface area contributed by atoms with Crippen LogP contribution in [0, 0.1) is 0 Å². The minimum atomic E-state index is -0.924. The van der Waals surface area contributed by atoms with E-state index >= 15 is 0 Å². The first-order chi connectivity index (χ1) is 5.91. The van der Waals surface area contributed by atoms with Crippen molar-refractivity contribution in [3.63, 3.8) is 0 Å². The first-order valence-corrected chi connectivity index (χ1v) is 5.73. The van der Waals surface area contributed by atoms with Gasteiger partial charge >= 0.3 is 0 Å². The second-order valence-corrected chi connectivity index (χ2v) is 4.57. The summed E-state index contributed by atoms with van der Waals surface area (Å²) in [5, 5.41) is 2.59. The molecule has 1 amide bonds. The molecule has 0 aliphatic rings. The number of carbonyl (C=O) groups excluding carboxylic acids is 2. The summed E-state index contributed by atoms with van der Waals surface area (Å²) in [5.74, 6) is -0.0447. The molecule has 0 saturated carbocycles. The fourth-order valence-electron chi connectivity index (χ4n) is 0.946. The quantitative estimate of drug-likeness (QED) is 0.635. The number of ketones is 1. The highest BCUT2D eigenvalue weighted by Gasteiger charge is 2.09. The monoisotopic (exact) mass is 205 g/mol. The average molecular weight is 205 g/mol. The fraction of sp³-hybridized carbons (Fsp3) is 0.750. The first-order valence-electron chi connectivity index (χ1n) is 4.00. The molecule has 0 aromatic heterocycles. The van der Waals surface area contributed by atoms with Crippen LogP contribution in [-0.2, 0) is 20.4 Å². The van der Waals surface area contributed by atoms with E-state index in [-0.39, 0.29) is 24.2 Å². The molecule has 0 bridgehead atoms. The molecular formula is C8H15NO3S. The summed E-state index contributed by atoms with van der Waals surface area (Å²) in [7, 11) is -0.924. The summed E-state index contributed by atoms with van der Waals surface area (Å²) in [4.78, 5) is 21.6. The second kappa shape index (κ2) is 5.85. The molecule has 13 heavy (non-hydrogen) atoms. The summed E-state index contributed by atoms with van der Waals surface area (Å²) in [5.41, 5.74) is 0. The van der Waals surface area contributed by atoms with Gasteiger partial charge in [-0.05, 0) is 13.8 Å². The van der Waals surface area contributed by atoms with Crippen LogP contribution in [0.4, 0.5) is 0 Å². The van der Waals surface area contributed by atoms with E-state index in [2.05, 4.69) is 5.32 Å². The molecule has 2 atom stereocenters. The number of hydrogen-bond acceptors (Lipinski definition) is 3. The van der Waals surface area contributed by atoms with Crippen LogP contribution in [0.25, 0.3) is 0 Å². The van der Waals surface area contributed by atoms with Crippen molar-refractivity contribution < 1.29 is 13.8 Å². The number of Topliss-reactive ketones (excluding diaryl/α,β-unsaturated/α-hetero) is 1. The Labute approximate surface area is 80.5 Å². The standard InChI is InChI=1S/C8H15NO3S/c1-6(5-13(3)12)9-8(11)4-7(2)10/h6H,4-5H2,1-3H3,(H,9,11). The highest BCUT2D eigenvalue weighted by Crippen LogP contribution is 1.88. The summed E-state index contributed by atoms with van der Waals surface area (Å²) >= 11 is 0. The largest absolute Gasteiger partial charge is 0.352 e. The van der Waals surface area contributed by atoms with Gasteiger partial charge in [0.05, 0.1) is 6.42 Å². The Hall–Kier alpha value is -0.710. The van der Waals surface area contributed by atoms with Gasteiger partial charge < -0.3 is 5.32 Å². The van der Waals surface area contributed by atoms with Gasteiger partial charge in [0.15, 0.2) is 0 Å². The molecule has 0 radical (unpaired) electrons. The Morgan fingerprint density at radius 1 is 1.46 bits per heavy atom. The van der Waals surface area contributed by atoms with Crippen molar-refractivity contribution in [3.8, 4) is 0 Å². The highest BCUT2D eigenvalue weighted by molar-refractivity contribution is 7.84. The Kier molecular flexibility index (Phi) is 5.53. The maximum atomic E-state index is 11.0. The SMILES string of the molecule is CC(=O)CC(=O)NC(C)CS(C)=O. The first kappa shape index (κ1) is 12.3. The highest BCUT2D eigenvalue weighted by atomic mass is 32.2. The summed E-state index contributed by atoms with van der Waals surface area (Å²) in [6.45, 7) is 3.13. The average Bonchev–Trinajstić information content (AvgIpc) is 1.80. The third-order valence-corrected chi connectivity index (χ3v) is 2.27. The van der Waals surface area contributed by atoms with Crippen LogP contribution in [0.2, 0.25) is 0 Å².